The van der Waals surface area contributed by atoms with Gasteiger partial charge in [0.25, 0.3) is 0 Å². The SMILES string of the molecule is C[C@H](C1CCNCC1)C1CCN(c2ccc3c(C4CCC(=O)NC4=O)nn(C)c3c2)CC1. The van der Waals surface area contributed by atoms with Crippen LogP contribution < -0.4 is 15.5 Å². The third-order valence-electron chi connectivity index (χ3n) is 8.21. The molecule has 2 atom stereocenters. The molecular weight excluding hydrogens is 402 g/mol. The number of amides is 2. The Hall–Kier alpha value is -2.41. The lowest BCUT2D eigenvalue weighted by atomic mass is 9.74. The molecule has 1 unspecified atom stereocenters. The fourth-order valence-electron chi connectivity index (χ4n) is 6.12. The fraction of sp³-hybridized carbons (Fsp3) is 0.640. The number of rotatable bonds is 4. The lowest BCUT2D eigenvalue weighted by Crippen LogP contribution is -2.39. The Morgan fingerprint density at radius 3 is 2.47 bits per heavy atom. The van der Waals surface area contributed by atoms with E-state index in [0.29, 0.717) is 12.8 Å². The Balaban J connectivity index is 1.29. The van der Waals surface area contributed by atoms with E-state index in [1.54, 1.807) is 0 Å². The number of hydrogen-bond acceptors (Lipinski definition) is 5. The smallest absolute Gasteiger partial charge is 0.235 e. The number of hydrogen-bond donors (Lipinski definition) is 2. The number of nitrogens with one attached hydrogen (secondary N) is 2. The quantitative estimate of drug-likeness (QED) is 0.719. The van der Waals surface area contributed by atoms with Gasteiger partial charge in [-0.05, 0) is 81.1 Å². The molecule has 1 aromatic heterocycles. The van der Waals surface area contributed by atoms with Crippen LogP contribution in [0, 0.1) is 17.8 Å². The molecule has 0 saturated carbocycles. The standard InChI is InChI=1S/C25H35N5O2/c1-16(17-7-11-26-12-8-17)18-9-13-30(14-10-18)19-3-4-20-22(15-19)29(2)28-24(20)21-5-6-23(31)27-25(21)32/h3-4,15-18,21,26H,5-14H2,1-2H3,(H,27,31,32)/t16-,21?/m1/s1. The molecule has 32 heavy (non-hydrogen) atoms. The molecule has 0 radical (unpaired) electrons. The fourth-order valence-corrected chi connectivity index (χ4v) is 6.12. The minimum Gasteiger partial charge on any atom is -0.371 e. The summed E-state index contributed by atoms with van der Waals surface area (Å²) in [6.45, 7) is 7.04. The van der Waals surface area contributed by atoms with Crippen molar-refractivity contribution in [3.63, 3.8) is 0 Å². The van der Waals surface area contributed by atoms with Crippen LogP contribution in [0.4, 0.5) is 5.69 Å². The molecule has 0 aliphatic carbocycles. The monoisotopic (exact) mass is 437 g/mol. The van der Waals surface area contributed by atoms with Gasteiger partial charge in [-0.3, -0.25) is 19.6 Å². The first-order valence-corrected chi connectivity index (χ1v) is 12.3. The number of anilines is 1. The summed E-state index contributed by atoms with van der Waals surface area (Å²) in [5.74, 6) is 1.75. The number of nitrogens with zero attached hydrogens (tertiary/aromatic N) is 3. The Labute approximate surface area is 189 Å². The zero-order chi connectivity index (χ0) is 22.2. The maximum absolute atomic E-state index is 12.4. The highest BCUT2D eigenvalue weighted by Gasteiger charge is 2.32. The minimum absolute atomic E-state index is 0.188. The summed E-state index contributed by atoms with van der Waals surface area (Å²) in [7, 11) is 1.94. The molecule has 3 fully saturated rings. The topological polar surface area (TPSA) is 79.3 Å². The van der Waals surface area contributed by atoms with Crippen molar-refractivity contribution >= 4 is 28.4 Å². The third-order valence-corrected chi connectivity index (χ3v) is 8.21. The Kier molecular flexibility index (Phi) is 5.93. The van der Waals surface area contributed by atoms with Gasteiger partial charge in [0.05, 0.1) is 17.1 Å². The van der Waals surface area contributed by atoms with Crippen molar-refractivity contribution in [2.75, 3.05) is 31.1 Å². The average molecular weight is 438 g/mol. The van der Waals surface area contributed by atoms with Gasteiger partial charge in [0, 0.05) is 37.6 Å². The third kappa shape index (κ3) is 4.03. The number of piperidine rings is 3. The van der Waals surface area contributed by atoms with E-state index in [1.165, 1.54) is 44.5 Å². The lowest BCUT2D eigenvalue weighted by Gasteiger charge is -2.40. The normalized spacial score (nSPS) is 24.7. The highest BCUT2D eigenvalue weighted by atomic mass is 16.2. The first-order valence-electron chi connectivity index (χ1n) is 12.3. The van der Waals surface area contributed by atoms with Crippen molar-refractivity contribution in [2.45, 2.75) is 51.4 Å². The maximum atomic E-state index is 12.4. The number of carbonyl (C=O) groups is 2. The number of benzene rings is 1. The van der Waals surface area contributed by atoms with E-state index in [0.717, 1.165) is 47.4 Å². The number of aryl methyl sites for hydroxylation is 1. The Bertz CT molecular complexity index is 1000. The van der Waals surface area contributed by atoms with Crippen LogP contribution in [0.1, 0.15) is 57.1 Å². The molecule has 3 saturated heterocycles. The van der Waals surface area contributed by atoms with Gasteiger partial charge in [0.15, 0.2) is 0 Å². The lowest BCUT2D eigenvalue weighted by molar-refractivity contribution is -0.134. The second-order valence-corrected chi connectivity index (χ2v) is 9.99. The molecule has 0 spiro atoms. The van der Waals surface area contributed by atoms with E-state index in [9.17, 15) is 9.59 Å². The van der Waals surface area contributed by atoms with Crippen LogP contribution in [0.3, 0.4) is 0 Å². The average Bonchev–Trinajstić information content (AvgIpc) is 3.15. The zero-order valence-electron chi connectivity index (χ0n) is 19.3. The number of aromatic nitrogens is 2. The first-order chi connectivity index (χ1) is 15.5. The number of carbonyl (C=O) groups excluding carboxylic acids is 2. The predicted octanol–water partition coefficient (Wildman–Crippen LogP) is 2.95. The summed E-state index contributed by atoms with van der Waals surface area (Å²) < 4.78 is 1.88. The van der Waals surface area contributed by atoms with Crippen LogP contribution in [-0.2, 0) is 16.6 Å². The van der Waals surface area contributed by atoms with Gasteiger partial charge in [-0.1, -0.05) is 6.92 Å². The molecule has 7 heteroatoms. The maximum Gasteiger partial charge on any atom is 0.235 e. The second-order valence-electron chi connectivity index (χ2n) is 9.99. The van der Waals surface area contributed by atoms with Gasteiger partial charge in [-0.25, -0.2) is 0 Å². The largest absolute Gasteiger partial charge is 0.371 e. The van der Waals surface area contributed by atoms with Crippen molar-refractivity contribution in [3.05, 3.63) is 23.9 Å². The predicted molar refractivity (Wildman–Crippen MR) is 126 cm³/mol. The Morgan fingerprint density at radius 2 is 1.75 bits per heavy atom. The molecule has 2 aromatic rings. The van der Waals surface area contributed by atoms with Gasteiger partial charge in [0.1, 0.15) is 0 Å². The Morgan fingerprint density at radius 1 is 1.03 bits per heavy atom. The zero-order valence-corrected chi connectivity index (χ0v) is 19.3. The summed E-state index contributed by atoms with van der Waals surface area (Å²) in [6, 6.07) is 6.50. The van der Waals surface area contributed by atoms with Crippen LogP contribution in [0.2, 0.25) is 0 Å². The number of fused-ring (bicyclic) bond motifs is 1. The first kappa shape index (κ1) is 21.4. The van der Waals surface area contributed by atoms with Crippen LogP contribution >= 0.6 is 0 Å². The molecule has 3 aliphatic rings. The van der Waals surface area contributed by atoms with Crippen molar-refractivity contribution in [2.24, 2.45) is 24.8 Å². The summed E-state index contributed by atoms with van der Waals surface area (Å²) in [6.07, 6.45) is 6.08. The molecular formula is C25H35N5O2. The highest BCUT2D eigenvalue weighted by Crippen LogP contribution is 2.37. The molecule has 1 aromatic carbocycles. The van der Waals surface area contributed by atoms with Crippen molar-refractivity contribution in [1.82, 2.24) is 20.4 Å². The van der Waals surface area contributed by atoms with Crippen molar-refractivity contribution in [3.8, 4) is 0 Å². The molecule has 2 amide bonds. The highest BCUT2D eigenvalue weighted by molar-refractivity contribution is 6.02. The van der Waals surface area contributed by atoms with Crippen LogP contribution in [-0.4, -0.2) is 47.8 Å². The molecule has 5 rings (SSSR count). The van der Waals surface area contributed by atoms with E-state index < -0.39 is 0 Å². The van der Waals surface area contributed by atoms with Gasteiger partial charge < -0.3 is 10.2 Å². The van der Waals surface area contributed by atoms with E-state index >= 15 is 0 Å². The summed E-state index contributed by atoms with van der Waals surface area (Å²) in [4.78, 5) is 26.4. The molecule has 0 bridgehead atoms. The summed E-state index contributed by atoms with van der Waals surface area (Å²) >= 11 is 0. The van der Waals surface area contributed by atoms with Crippen LogP contribution in [0.15, 0.2) is 18.2 Å². The second kappa shape index (κ2) is 8.85. The minimum atomic E-state index is -0.352. The summed E-state index contributed by atoms with van der Waals surface area (Å²) in [5.41, 5.74) is 3.07. The van der Waals surface area contributed by atoms with E-state index in [-0.39, 0.29) is 17.7 Å². The van der Waals surface area contributed by atoms with Gasteiger partial charge in [0.2, 0.25) is 11.8 Å². The van der Waals surface area contributed by atoms with Gasteiger partial charge in [-0.2, -0.15) is 5.10 Å². The van der Waals surface area contributed by atoms with E-state index in [1.807, 2.05) is 11.7 Å². The van der Waals surface area contributed by atoms with Crippen molar-refractivity contribution in [1.29, 1.82) is 0 Å². The van der Waals surface area contributed by atoms with Crippen LogP contribution in [0.5, 0.6) is 0 Å². The molecule has 2 N–H and O–H groups in total. The molecule has 172 valence electrons. The van der Waals surface area contributed by atoms with Gasteiger partial charge in [-0.15, -0.1) is 0 Å². The molecule has 4 heterocycles. The number of imide groups is 1. The molecule has 3 aliphatic heterocycles. The van der Waals surface area contributed by atoms with E-state index in [4.69, 9.17) is 0 Å². The van der Waals surface area contributed by atoms with Crippen molar-refractivity contribution < 1.29 is 9.59 Å². The van der Waals surface area contributed by atoms with E-state index in [2.05, 4.69) is 45.8 Å². The summed E-state index contributed by atoms with van der Waals surface area (Å²) in [5, 5.41) is 11.7. The van der Waals surface area contributed by atoms with Gasteiger partial charge >= 0.3 is 0 Å². The molecule has 7 nitrogen and oxygen atoms in total. The van der Waals surface area contributed by atoms with Crippen LogP contribution in [0.25, 0.3) is 10.9 Å².